The Labute approximate surface area is 153 Å². The fourth-order valence-electron chi connectivity index (χ4n) is 2.74. The molecule has 0 spiro atoms. The third-order valence-corrected chi connectivity index (χ3v) is 4.01. The van der Waals surface area contributed by atoms with Crippen LogP contribution in [0.1, 0.15) is 20.3 Å². The van der Waals surface area contributed by atoms with Crippen LogP contribution in [-0.4, -0.2) is 67.0 Å². The number of nitrogens with zero attached hydrogens (tertiary/aromatic N) is 2. The second kappa shape index (κ2) is 9.65. The van der Waals surface area contributed by atoms with Gasteiger partial charge in [0.05, 0.1) is 6.61 Å². The van der Waals surface area contributed by atoms with Crippen LogP contribution in [-0.2, 0) is 14.3 Å². The molecule has 1 aliphatic heterocycles. The number of hydrogen-bond donors (Lipinski definition) is 2. The summed E-state index contributed by atoms with van der Waals surface area (Å²) in [4.78, 5) is 38.4. The fourth-order valence-corrected chi connectivity index (χ4v) is 2.74. The van der Waals surface area contributed by atoms with Crippen LogP contribution >= 0.6 is 0 Å². The monoisotopic (exact) mass is 362 g/mol. The number of carbonyl (C=O) groups excluding carboxylic acids is 3. The summed E-state index contributed by atoms with van der Waals surface area (Å²) < 4.78 is 4.97. The SMILES string of the molecule is CCOC(=O)N1CCN(C(=O)CCNc2cccc(NC(C)=O)c2)CC1. The highest BCUT2D eigenvalue weighted by molar-refractivity contribution is 5.89. The Kier molecular flexibility index (Phi) is 7.25. The normalized spacial score (nSPS) is 13.9. The van der Waals surface area contributed by atoms with Gasteiger partial charge in [-0.1, -0.05) is 6.07 Å². The van der Waals surface area contributed by atoms with Gasteiger partial charge in [0.2, 0.25) is 11.8 Å². The number of piperazine rings is 1. The van der Waals surface area contributed by atoms with Gasteiger partial charge in [0.25, 0.3) is 0 Å². The highest BCUT2D eigenvalue weighted by atomic mass is 16.6. The smallest absolute Gasteiger partial charge is 0.409 e. The maximum atomic E-state index is 12.3. The van der Waals surface area contributed by atoms with E-state index in [0.29, 0.717) is 51.4 Å². The molecular weight excluding hydrogens is 336 g/mol. The first-order valence-corrected chi connectivity index (χ1v) is 8.80. The van der Waals surface area contributed by atoms with Crippen molar-refractivity contribution in [3.05, 3.63) is 24.3 Å². The van der Waals surface area contributed by atoms with Gasteiger partial charge in [-0.3, -0.25) is 9.59 Å². The van der Waals surface area contributed by atoms with Crippen LogP contribution in [0.4, 0.5) is 16.2 Å². The average molecular weight is 362 g/mol. The van der Waals surface area contributed by atoms with Crippen LogP contribution in [0.2, 0.25) is 0 Å². The second-order valence-corrected chi connectivity index (χ2v) is 6.01. The van der Waals surface area contributed by atoms with E-state index in [4.69, 9.17) is 4.74 Å². The number of hydrogen-bond acceptors (Lipinski definition) is 5. The van der Waals surface area contributed by atoms with Gasteiger partial charge in [0, 0.05) is 57.4 Å². The Hall–Kier alpha value is -2.77. The van der Waals surface area contributed by atoms with Crippen molar-refractivity contribution < 1.29 is 19.1 Å². The molecule has 0 aromatic heterocycles. The summed E-state index contributed by atoms with van der Waals surface area (Å²) in [5.41, 5.74) is 1.56. The topological polar surface area (TPSA) is 91.0 Å². The lowest BCUT2D eigenvalue weighted by Crippen LogP contribution is -2.50. The van der Waals surface area contributed by atoms with Crippen molar-refractivity contribution in [2.75, 3.05) is 50.0 Å². The fraction of sp³-hybridized carbons (Fsp3) is 0.500. The molecule has 0 radical (unpaired) electrons. The predicted molar refractivity (Wildman–Crippen MR) is 99.0 cm³/mol. The van der Waals surface area contributed by atoms with Crippen molar-refractivity contribution >= 4 is 29.3 Å². The molecule has 1 saturated heterocycles. The van der Waals surface area contributed by atoms with Crippen molar-refractivity contribution in [3.63, 3.8) is 0 Å². The minimum absolute atomic E-state index is 0.0547. The molecule has 0 aliphatic carbocycles. The quantitative estimate of drug-likeness (QED) is 0.804. The van der Waals surface area contributed by atoms with Crippen molar-refractivity contribution in [2.24, 2.45) is 0 Å². The molecule has 1 aliphatic rings. The van der Waals surface area contributed by atoms with Crippen LogP contribution in [0.25, 0.3) is 0 Å². The number of carbonyl (C=O) groups is 3. The van der Waals surface area contributed by atoms with E-state index in [1.165, 1.54) is 6.92 Å². The van der Waals surface area contributed by atoms with E-state index in [-0.39, 0.29) is 17.9 Å². The number of benzene rings is 1. The first-order chi connectivity index (χ1) is 12.5. The third-order valence-electron chi connectivity index (χ3n) is 4.01. The van der Waals surface area contributed by atoms with Gasteiger partial charge in [0.1, 0.15) is 0 Å². The zero-order chi connectivity index (χ0) is 18.9. The lowest BCUT2D eigenvalue weighted by Gasteiger charge is -2.34. The molecule has 2 rings (SSSR count). The van der Waals surface area contributed by atoms with Crippen LogP contribution in [0.3, 0.4) is 0 Å². The molecule has 0 atom stereocenters. The largest absolute Gasteiger partial charge is 0.450 e. The van der Waals surface area contributed by atoms with E-state index >= 15 is 0 Å². The summed E-state index contributed by atoms with van der Waals surface area (Å²) in [5.74, 6) is -0.0710. The minimum atomic E-state index is -0.319. The Morgan fingerprint density at radius 1 is 1.08 bits per heavy atom. The molecule has 142 valence electrons. The van der Waals surface area contributed by atoms with E-state index in [1.807, 2.05) is 18.2 Å². The van der Waals surface area contributed by atoms with Gasteiger partial charge in [-0.25, -0.2) is 4.79 Å². The highest BCUT2D eigenvalue weighted by Gasteiger charge is 2.24. The minimum Gasteiger partial charge on any atom is -0.450 e. The Morgan fingerprint density at radius 3 is 2.38 bits per heavy atom. The summed E-state index contributed by atoms with van der Waals surface area (Å²) >= 11 is 0. The zero-order valence-electron chi connectivity index (χ0n) is 15.3. The molecule has 26 heavy (non-hydrogen) atoms. The van der Waals surface area contributed by atoms with Crippen LogP contribution in [0.5, 0.6) is 0 Å². The predicted octanol–water partition coefficient (Wildman–Crippen LogP) is 1.75. The first kappa shape index (κ1) is 19.6. The molecule has 0 saturated carbocycles. The van der Waals surface area contributed by atoms with Gasteiger partial charge in [-0.15, -0.1) is 0 Å². The molecule has 1 heterocycles. The van der Waals surface area contributed by atoms with Crippen LogP contribution < -0.4 is 10.6 Å². The lowest BCUT2D eigenvalue weighted by atomic mass is 10.2. The van der Waals surface area contributed by atoms with Gasteiger partial charge in [0.15, 0.2) is 0 Å². The maximum absolute atomic E-state index is 12.3. The summed E-state index contributed by atoms with van der Waals surface area (Å²) in [6, 6.07) is 7.35. The highest BCUT2D eigenvalue weighted by Crippen LogP contribution is 2.15. The number of anilines is 2. The van der Waals surface area contributed by atoms with Crippen LogP contribution in [0.15, 0.2) is 24.3 Å². The molecule has 1 fully saturated rings. The zero-order valence-corrected chi connectivity index (χ0v) is 15.3. The van der Waals surface area contributed by atoms with Gasteiger partial charge in [-0.2, -0.15) is 0 Å². The summed E-state index contributed by atoms with van der Waals surface area (Å²) in [7, 11) is 0. The second-order valence-electron chi connectivity index (χ2n) is 6.01. The lowest BCUT2D eigenvalue weighted by molar-refractivity contribution is -0.132. The maximum Gasteiger partial charge on any atom is 0.409 e. The molecule has 8 nitrogen and oxygen atoms in total. The van der Waals surface area contributed by atoms with Crippen LogP contribution in [0, 0.1) is 0 Å². The molecule has 3 amide bonds. The first-order valence-electron chi connectivity index (χ1n) is 8.80. The Morgan fingerprint density at radius 2 is 1.73 bits per heavy atom. The van der Waals surface area contributed by atoms with Crippen molar-refractivity contribution in [1.82, 2.24) is 9.80 Å². The summed E-state index contributed by atoms with van der Waals surface area (Å²) in [5, 5.41) is 5.91. The number of nitrogens with one attached hydrogen (secondary N) is 2. The van der Waals surface area contributed by atoms with E-state index in [0.717, 1.165) is 5.69 Å². The van der Waals surface area contributed by atoms with E-state index in [9.17, 15) is 14.4 Å². The average Bonchev–Trinajstić information content (AvgIpc) is 2.62. The van der Waals surface area contributed by atoms with Crippen molar-refractivity contribution in [3.8, 4) is 0 Å². The summed E-state index contributed by atoms with van der Waals surface area (Å²) in [6.45, 7) is 6.13. The van der Waals surface area contributed by atoms with E-state index < -0.39 is 0 Å². The van der Waals surface area contributed by atoms with Gasteiger partial charge < -0.3 is 25.2 Å². The van der Waals surface area contributed by atoms with E-state index in [2.05, 4.69) is 10.6 Å². The van der Waals surface area contributed by atoms with E-state index in [1.54, 1.807) is 22.8 Å². The Bertz CT molecular complexity index is 642. The van der Waals surface area contributed by atoms with Crippen molar-refractivity contribution in [1.29, 1.82) is 0 Å². The molecule has 1 aromatic rings. The van der Waals surface area contributed by atoms with Gasteiger partial charge in [-0.05, 0) is 25.1 Å². The molecular formula is C18H26N4O4. The summed E-state index contributed by atoms with van der Waals surface area (Å²) in [6.07, 6.45) is 0.0457. The number of ether oxygens (including phenoxy) is 1. The molecule has 0 unspecified atom stereocenters. The van der Waals surface area contributed by atoms with Crippen molar-refractivity contribution in [2.45, 2.75) is 20.3 Å². The molecule has 0 bridgehead atoms. The molecule has 1 aromatic carbocycles. The molecule has 2 N–H and O–H groups in total. The number of rotatable bonds is 6. The van der Waals surface area contributed by atoms with Gasteiger partial charge >= 0.3 is 6.09 Å². The Balaban J connectivity index is 1.73. The standard InChI is InChI=1S/C18H26N4O4/c1-3-26-18(25)22-11-9-21(10-12-22)17(24)7-8-19-15-5-4-6-16(13-15)20-14(2)23/h4-6,13,19H,3,7-12H2,1-2H3,(H,20,23). The third kappa shape index (κ3) is 5.94. The molecule has 8 heteroatoms. The number of amides is 3.